The smallest absolute Gasteiger partial charge is 0.352 e. The van der Waals surface area contributed by atoms with Crippen molar-refractivity contribution in [1.82, 2.24) is 4.57 Å². The normalized spacial score (nSPS) is 10.6. The van der Waals surface area contributed by atoms with Crippen LogP contribution in [0.1, 0.15) is 16.1 Å². The zero-order valence-electron chi connectivity index (χ0n) is 9.10. The number of rotatable bonds is 3. The summed E-state index contributed by atoms with van der Waals surface area (Å²) in [7, 11) is 0. The highest BCUT2D eigenvalue weighted by Crippen LogP contribution is 2.21. The van der Waals surface area contributed by atoms with Gasteiger partial charge in [0.2, 0.25) is 0 Å². The molecule has 0 aliphatic heterocycles. The highest BCUT2D eigenvalue weighted by atomic mass is 16.4. The molecule has 16 heavy (non-hydrogen) atoms. The van der Waals surface area contributed by atoms with Crippen LogP contribution < -0.4 is 0 Å². The van der Waals surface area contributed by atoms with Gasteiger partial charge in [0, 0.05) is 17.4 Å². The van der Waals surface area contributed by atoms with E-state index in [4.69, 9.17) is 5.11 Å². The first-order chi connectivity index (χ1) is 7.63. The first kappa shape index (κ1) is 10.5. The third-order valence-corrected chi connectivity index (χ3v) is 2.59. The summed E-state index contributed by atoms with van der Waals surface area (Å²) >= 11 is 0. The molecule has 1 N–H and O–H groups in total. The lowest BCUT2D eigenvalue weighted by Crippen LogP contribution is -2.06. The van der Waals surface area contributed by atoms with E-state index in [0.717, 1.165) is 16.5 Å². The molecule has 0 spiro atoms. The minimum atomic E-state index is -0.907. The second-order valence-corrected chi connectivity index (χ2v) is 3.80. The van der Waals surface area contributed by atoms with Crippen LogP contribution in [0.5, 0.6) is 0 Å². The molecule has 3 nitrogen and oxygen atoms in total. The van der Waals surface area contributed by atoms with Gasteiger partial charge in [-0.2, -0.15) is 0 Å². The highest BCUT2D eigenvalue weighted by molar-refractivity contribution is 5.94. The average Bonchev–Trinajstić information content (AvgIpc) is 2.57. The molecule has 2 rings (SSSR count). The van der Waals surface area contributed by atoms with Crippen molar-refractivity contribution in [3.05, 3.63) is 48.2 Å². The highest BCUT2D eigenvalue weighted by Gasteiger charge is 2.13. The Morgan fingerprint density at radius 2 is 2.25 bits per heavy atom. The van der Waals surface area contributed by atoms with Crippen LogP contribution in [0.2, 0.25) is 0 Å². The fraction of sp³-hybridized carbons (Fsp3) is 0.154. The fourth-order valence-electron chi connectivity index (χ4n) is 1.89. The second kappa shape index (κ2) is 3.85. The molecule has 2 aromatic rings. The molecule has 3 heteroatoms. The Morgan fingerprint density at radius 1 is 1.50 bits per heavy atom. The molecule has 0 unspecified atom stereocenters. The van der Waals surface area contributed by atoms with E-state index in [2.05, 4.69) is 6.58 Å². The van der Waals surface area contributed by atoms with E-state index in [1.807, 2.05) is 25.1 Å². The molecule has 1 heterocycles. The Morgan fingerprint density at radius 3 is 2.88 bits per heavy atom. The molecule has 0 aliphatic rings. The first-order valence-electron chi connectivity index (χ1n) is 5.07. The number of allylic oxidation sites excluding steroid dienone is 1. The van der Waals surface area contributed by atoms with Gasteiger partial charge in [-0.3, -0.25) is 0 Å². The Bertz CT molecular complexity index is 567. The van der Waals surface area contributed by atoms with Gasteiger partial charge in [-0.25, -0.2) is 4.79 Å². The second-order valence-electron chi connectivity index (χ2n) is 3.80. The maximum atomic E-state index is 11.1. The minimum absolute atomic E-state index is 0.306. The Balaban J connectivity index is 2.74. The third-order valence-electron chi connectivity index (χ3n) is 2.59. The van der Waals surface area contributed by atoms with Crippen molar-refractivity contribution >= 4 is 16.9 Å². The number of hydrogen-bond acceptors (Lipinski definition) is 1. The number of aromatic nitrogens is 1. The largest absolute Gasteiger partial charge is 0.477 e. The minimum Gasteiger partial charge on any atom is -0.477 e. The average molecular weight is 215 g/mol. The molecule has 1 aromatic heterocycles. The number of carboxylic acids is 1. The van der Waals surface area contributed by atoms with Gasteiger partial charge in [0.1, 0.15) is 5.69 Å². The topological polar surface area (TPSA) is 42.2 Å². The molecular weight excluding hydrogens is 202 g/mol. The molecular formula is C13H13NO2. The molecule has 0 amide bonds. The van der Waals surface area contributed by atoms with Crippen LogP contribution in [0.3, 0.4) is 0 Å². The molecule has 1 aromatic carbocycles. The molecule has 0 fully saturated rings. The lowest BCUT2D eigenvalue weighted by Gasteiger charge is -2.04. The van der Waals surface area contributed by atoms with Crippen molar-refractivity contribution in [2.45, 2.75) is 13.5 Å². The van der Waals surface area contributed by atoms with Gasteiger partial charge in [0.05, 0.1) is 0 Å². The van der Waals surface area contributed by atoms with Crippen LogP contribution in [-0.2, 0) is 6.54 Å². The van der Waals surface area contributed by atoms with Crippen molar-refractivity contribution in [3.8, 4) is 0 Å². The standard InChI is InChI=1S/C13H13NO2/c1-3-6-14-11-5-4-9(2)7-10(11)8-12(14)13(15)16/h3-5,7-8H,1,6H2,2H3,(H,15,16). The van der Waals surface area contributed by atoms with E-state index < -0.39 is 5.97 Å². The van der Waals surface area contributed by atoms with Gasteiger partial charge in [0.25, 0.3) is 0 Å². The number of aryl methyl sites for hydroxylation is 1. The van der Waals surface area contributed by atoms with Gasteiger partial charge in [-0.1, -0.05) is 17.7 Å². The molecule has 82 valence electrons. The summed E-state index contributed by atoms with van der Waals surface area (Å²) in [6.45, 7) is 6.15. The summed E-state index contributed by atoms with van der Waals surface area (Å²) in [5, 5.41) is 10.1. The molecule has 0 saturated heterocycles. The number of nitrogens with zero attached hydrogens (tertiary/aromatic N) is 1. The van der Waals surface area contributed by atoms with E-state index in [9.17, 15) is 4.79 Å². The van der Waals surface area contributed by atoms with Gasteiger partial charge < -0.3 is 9.67 Å². The van der Waals surface area contributed by atoms with Gasteiger partial charge in [0.15, 0.2) is 0 Å². The zero-order chi connectivity index (χ0) is 11.7. The van der Waals surface area contributed by atoms with Gasteiger partial charge in [-0.05, 0) is 25.1 Å². The number of fused-ring (bicyclic) bond motifs is 1. The summed E-state index contributed by atoms with van der Waals surface area (Å²) < 4.78 is 1.75. The maximum absolute atomic E-state index is 11.1. The van der Waals surface area contributed by atoms with E-state index >= 15 is 0 Å². The Kier molecular flexibility index (Phi) is 2.52. The molecule has 0 radical (unpaired) electrons. The summed E-state index contributed by atoms with van der Waals surface area (Å²) in [6.07, 6.45) is 1.70. The predicted molar refractivity (Wildman–Crippen MR) is 63.8 cm³/mol. The van der Waals surface area contributed by atoms with E-state index in [1.165, 1.54) is 0 Å². The molecule has 0 bridgehead atoms. The van der Waals surface area contributed by atoms with E-state index in [1.54, 1.807) is 16.7 Å². The summed E-state index contributed by atoms with van der Waals surface area (Å²) in [6, 6.07) is 7.61. The number of hydrogen-bond donors (Lipinski definition) is 1. The predicted octanol–water partition coefficient (Wildman–Crippen LogP) is 2.83. The Labute approximate surface area is 93.6 Å². The Hall–Kier alpha value is -2.03. The lowest BCUT2D eigenvalue weighted by atomic mass is 10.2. The molecule has 0 atom stereocenters. The van der Waals surface area contributed by atoms with Crippen LogP contribution in [-0.4, -0.2) is 15.6 Å². The number of carboxylic acid groups (broad SMARTS) is 1. The maximum Gasteiger partial charge on any atom is 0.352 e. The van der Waals surface area contributed by atoms with Crippen molar-refractivity contribution in [2.24, 2.45) is 0 Å². The van der Waals surface area contributed by atoms with Crippen LogP contribution in [0, 0.1) is 6.92 Å². The lowest BCUT2D eigenvalue weighted by molar-refractivity contribution is 0.0686. The van der Waals surface area contributed by atoms with Crippen LogP contribution >= 0.6 is 0 Å². The van der Waals surface area contributed by atoms with Crippen LogP contribution in [0.25, 0.3) is 10.9 Å². The summed E-state index contributed by atoms with van der Waals surface area (Å²) in [4.78, 5) is 11.1. The first-order valence-corrected chi connectivity index (χ1v) is 5.07. The van der Waals surface area contributed by atoms with Gasteiger partial charge in [-0.15, -0.1) is 6.58 Å². The van der Waals surface area contributed by atoms with Crippen LogP contribution in [0.15, 0.2) is 36.9 Å². The fourth-order valence-corrected chi connectivity index (χ4v) is 1.89. The van der Waals surface area contributed by atoms with Crippen molar-refractivity contribution in [3.63, 3.8) is 0 Å². The summed E-state index contributed by atoms with van der Waals surface area (Å²) in [5.41, 5.74) is 2.36. The molecule has 0 saturated carbocycles. The zero-order valence-corrected chi connectivity index (χ0v) is 9.10. The number of carbonyl (C=O) groups is 1. The molecule has 0 aliphatic carbocycles. The number of benzene rings is 1. The monoisotopic (exact) mass is 215 g/mol. The van der Waals surface area contributed by atoms with Crippen molar-refractivity contribution < 1.29 is 9.90 Å². The quantitative estimate of drug-likeness (QED) is 0.800. The number of aromatic carboxylic acids is 1. The van der Waals surface area contributed by atoms with Crippen molar-refractivity contribution in [1.29, 1.82) is 0 Å². The van der Waals surface area contributed by atoms with E-state index in [-0.39, 0.29) is 0 Å². The van der Waals surface area contributed by atoms with E-state index in [0.29, 0.717) is 12.2 Å². The third kappa shape index (κ3) is 1.60. The SMILES string of the molecule is C=CCn1c(C(=O)O)cc2cc(C)ccc21. The summed E-state index contributed by atoms with van der Waals surface area (Å²) in [5.74, 6) is -0.907. The van der Waals surface area contributed by atoms with Gasteiger partial charge >= 0.3 is 5.97 Å². The van der Waals surface area contributed by atoms with Crippen LogP contribution in [0.4, 0.5) is 0 Å². The van der Waals surface area contributed by atoms with Crippen molar-refractivity contribution in [2.75, 3.05) is 0 Å².